The smallest absolute Gasteiger partial charge is 0.0736 e. The van der Waals surface area contributed by atoms with E-state index in [2.05, 4.69) is 22.6 Å². The molecule has 2 fully saturated rings. The molecule has 0 aromatic heterocycles. The second-order valence-corrected chi connectivity index (χ2v) is 5.12. The quantitative estimate of drug-likeness (QED) is 0.576. The molecular formula is C10H17IO2. The molecule has 1 saturated heterocycles. The first-order chi connectivity index (χ1) is 6.28. The van der Waals surface area contributed by atoms with Gasteiger partial charge >= 0.3 is 0 Å². The molecule has 1 aliphatic heterocycles. The van der Waals surface area contributed by atoms with E-state index < -0.39 is 0 Å². The van der Waals surface area contributed by atoms with E-state index in [0.29, 0.717) is 12.2 Å². The lowest BCUT2D eigenvalue weighted by molar-refractivity contribution is -0.205. The van der Waals surface area contributed by atoms with Crippen molar-refractivity contribution >= 4 is 22.6 Å². The second kappa shape index (κ2) is 4.03. The number of methoxy groups -OCH3 is 1. The van der Waals surface area contributed by atoms with Crippen LogP contribution in [0, 0.1) is 0 Å². The first kappa shape index (κ1) is 10.2. The first-order valence-electron chi connectivity index (χ1n) is 5.04. The number of ether oxygens (including phenoxy) is 2. The summed E-state index contributed by atoms with van der Waals surface area (Å²) in [5, 5.41) is 0. The predicted octanol–water partition coefficient (Wildman–Crippen LogP) is 2.54. The molecule has 1 unspecified atom stereocenters. The third kappa shape index (κ3) is 2.02. The molecule has 2 rings (SSSR count). The van der Waals surface area contributed by atoms with Gasteiger partial charge in [-0.15, -0.1) is 0 Å². The SMILES string of the molecule is COC1CC2(CCCC(CI)O2)C1. The van der Waals surface area contributed by atoms with E-state index in [-0.39, 0.29) is 5.60 Å². The van der Waals surface area contributed by atoms with Crippen LogP contribution >= 0.6 is 22.6 Å². The van der Waals surface area contributed by atoms with E-state index in [4.69, 9.17) is 9.47 Å². The molecule has 1 spiro atoms. The Hall–Kier alpha value is 0.650. The normalized spacial score (nSPS) is 44.8. The van der Waals surface area contributed by atoms with E-state index in [0.717, 1.165) is 17.3 Å². The molecule has 0 bridgehead atoms. The molecule has 0 N–H and O–H groups in total. The highest BCUT2D eigenvalue weighted by atomic mass is 127. The monoisotopic (exact) mass is 296 g/mol. The number of rotatable bonds is 2. The van der Waals surface area contributed by atoms with Gasteiger partial charge in [0, 0.05) is 24.4 Å². The summed E-state index contributed by atoms with van der Waals surface area (Å²) in [5.41, 5.74) is 0.217. The van der Waals surface area contributed by atoms with Crippen LogP contribution in [0.3, 0.4) is 0 Å². The van der Waals surface area contributed by atoms with Gasteiger partial charge in [0.05, 0.1) is 17.8 Å². The zero-order valence-electron chi connectivity index (χ0n) is 8.09. The largest absolute Gasteiger partial charge is 0.381 e. The molecule has 0 amide bonds. The molecular weight excluding hydrogens is 279 g/mol. The van der Waals surface area contributed by atoms with Crippen molar-refractivity contribution in [2.24, 2.45) is 0 Å². The summed E-state index contributed by atoms with van der Waals surface area (Å²) in [7, 11) is 1.80. The van der Waals surface area contributed by atoms with Crippen LogP contribution < -0.4 is 0 Å². The van der Waals surface area contributed by atoms with Crippen molar-refractivity contribution in [1.29, 1.82) is 0 Å². The van der Waals surface area contributed by atoms with Gasteiger partial charge in [-0.05, 0) is 19.3 Å². The van der Waals surface area contributed by atoms with E-state index in [1.807, 2.05) is 0 Å². The van der Waals surface area contributed by atoms with Crippen LogP contribution in [0.2, 0.25) is 0 Å². The lowest BCUT2D eigenvalue weighted by Gasteiger charge is -2.51. The summed E-state index contributed by atoms with van der Waals surface area (Å²) in [4.78, 5) is 0. The highest BCUT2D eigenvalue weighted by molar-refractivity contribution is 14.1. The Morgan fingerprint density at radius 1 is 1.54 bits per heavy atom. The Morgan fingerprint density at radius 2 is 2.31 bits per heavy atom. The van der Waals surface area contributed by atoms with Crippen LogP contribution in [0.4, 0.5) is 0 Å². The Bertz CT molecular complexity index is 178. The van der Waals surface area contributed by atoms with Crippen molar-refractivity contribution in [2.75, 3.05) is 11.5 Å². The molecule has 13 heavy (non-hydrogen) atoms. The Balaban J connectivity index is 1.86. The number of hydrogen-bond acceptors (Lipinski definition) is 2. The summed E-state index contributed by atoms with van der Waals surface area (Å²) in [6.07, 6.45) is 7.06. The molecule has 0 aromatic carbocycles. The number of alkyl halides is 1. The van der Waals surface area contributed by atoms with E-state index in [9.17, 15) is 0 Å². The van der Waals surface area contributed by atoms with Crippen molar-refractivity contribution in [3.63, 3.8) is 0 Å². The van der Waals surface area contributed by atoms with Crippen molar-refractivity contribution in [3.05, 3.63) is 0 Å². The fraction of sp³-hybridized carbons (Fsp3) is 1.00. The summed E-state index contributed by atoms with van der Waals surface area (Å²) in [6.45, 7) is 0. The van der Waals surface area contributed by atoms with Crippen LogP contribution in [0.5, 0.6) is 0 Å². The van der Waals surface area contributed by atoms with Crippen LogP contribution in [-0.2, 0) is 9.47 Å². The molecule has 1 aliphatic carbocycles. The van der Waals surface area contributed by atoms with Gasteiger partial charge in [0.15, 0.2) is 0 Å². The maximum Gasteiger partial charge on any atom is 0.0736 e. The number of halogens is 1. The molecule has 1 atom stereocenters. The average molecular weight is 296 g/mol. The van der Waals surface area contributed by atoms with Gasteiger partial charge in [0.1, 0.15) is 0 Å². The predicted molar refractivity (Wildman–Crippen MR) is 60.4 cm³/mol. The molecule has 2 nitrogen and oxygen atoms in total. The van der Waals surface area contributed by atoms with Crippen LogP contribution in [0.15, 0.2) is 0 Å². The lowest BCUT2D eigenvalue weighted by Crippen LogP contribution is -2.54. The zero-order chi connectivity index (χ0) is 9.31. The number of hydrogen-bond donors (Lipinski definition) is 0. The Labute approximate surface area is 93.5 Å². The van der Waals surface area contributed by atoms with Crippen LogP contribution in [0.1, 0.15) is 32.1 Å². The van der Waals surface area contributed by atoms with Gasteiger partial charge in [-0.3, -0.25) is 0 Å². The minimum atomic E-state index is 0.217. The zero-order valence-corrected chi connectivity index (χ0v) is 10.2. The third-order valence-electron chi connectivity index (χ3n) is 3.28. The van der Waals surface area contributed by atoms with Gasteiger partial charge in [0.2, 0.25) is 0 Å². The lowest BCUT2D eigenvalue weighted by atomic mass is 9.72. The van der Waals surface area contributed by atoms with Crippen LogP contribution in [0.25, 0.3) is 0 Å². The van der Waals surface area contributed by atoms with Crippen molar-refractivity contribution in [1.82, 2.24) is 0 Å². The fourth-order valence-electron chi connectivity index (χ4n) is 2.47. The maximum absolute atomic E-state index is 6.10. The fourth-order valence-corrected chi connectivity index (χ4v) is 3.09. The first-order valence-corrected chi connectivity index (χ1v) is 6.57. The maximum atomic E-state index is 6.10. The van der Waals surface area contributed by atoms with Gasteiger partial charge in [-0.25, -0.2) is 0 Å². The van der Waals surface area contributed by atoms with E-state index in [1.54, 1.807) is 7.11 Å². The minimum absolute atomic E-state index is 0.217. The van der Waals surface area contributed by atoms with Crippen molar-refractivity contribution in [3.8, 4) is 0 Å². The van der Waals surface area contributed by atoms with E-state index in [1.165, 1.54) is 19.3 Å². The molecule has 0 radical (unpaired) electrons. The standard InChI is InChI=1S/C10H17IO2/c1-12-9-5-10(6-9)4-2-3-8(7-11)13-10/h8-9H,2-7H2,1H3. The van der Waals surface area contributed by atoms with Crippen molar-refractivity contribution in [2.45, 2.75) is 49.9 Å². The summed E-state index contributed by atoms with van der Waals surface area (Å²) < 4.78 is 12.5. The highest BCUT2D eigenvalue weighted by Gasteiger charge is 2.48. The molecule has 0 aromatic rings. The molecule has 3 heteroatoms. The van der Waals surface area contributed by atoms with Crippen molar-refractivity contribution < 1.29 is 9.47 Å². The summed E-state index contributed by atoms with van der Waals surface area (Å²) in [5.74, 6) is 0. The average Bonchev–Trinajstić information content (AvgIpc) is 2.14. The minimum Gasteiger partial charge on any atom is -0.381 e. The van der Waals surface area contributed by atoms with Gasteiger partial charge in [-0.2, -0.15) is 0 Å². The molecule has 76 valence electrons. The van der Waals surface area contributed by atoms with Crippen LogP contribution in [-0.4, -0.2) is 29.3 Å². The van der Waals surface area contributed by atoms with Gasteiger partial charge in [-0.1, -0.05) is 22.6 Å². The second-order valence-electron chi connectivity index (χ2n) is 4.24. The molecule has 1 heterocycles. The third-order valence-corrected chi connectivity index (χ3v) is 4.26. The van der Waals surface area contributed by atoms with Gasteiger partial charge in [0.25, 0.3) is 0 Å². The highest BCUT2D eigenvalue weighted by Crippen LogP contribution is 2.45. The topological polar surface area (TPSA) is 18.5 Å². The Morgan fingerprint density at radius 3 is 2.92 bits per heavy atom. The molecule has 1 saturated carbocycles. The molecule has 2 aliphatic rings. The Kier molecular flexibility index (Phi) is 3.15. The summed E-state index contributed by atoms with van der Waals surface area (Å²) in [6, 6.07) is 0. The summed E-state index contributed by atoms with van der Waals surface area (Å²) >= 11 is 2.42. The van der Waals surface area contributed by atoms with E-state index >= 15 is 0 Å². The van der Waals surface area contributed by atoms with Gasteiger partial charge < -0.3 is 9.47 Å².